The highest BCUT2D eigenvalue weighted by molar-refractivity contribution is 6.11. The normalized spacial score (nSPS) is 12.8. The first-order valence-corrected chi connectivity index (χ1v) is 8.89. The number of aryl methyl sites for hydroxylation is 1. The highest BCUT2D eigenvalue weighted by Gasteiger charge is 2.27. The molecular weight excluding hydrogens is 356 g/mol. The molecule has 0 spiro atoms. The number of benzene rings is 2. The molecule has 2 atom stereocenters. The fourth-order valence-corrected chi connectivity index (χ4v) is 2.98. The third kappa shape index (κ3) is 3.89. The number of rotatable bonds is 6. The molecule has 0 radical (unpaired) electrons. The van der Waals surface area contributed by atoms with Crippen molar-refractivity contribution in [2.24, 2.45) is 0 Å². The maximum absolute atomic E-state index is 12.9. The van der Waals surface area contributed by atoms with Crippen LogP contribution in [0.15, 0.2) is 48.5 Å². The number of ketones is 1. The summed E-state index contributed by atoms with van der Waals surface area (Å²) in [7, 11) is 0. The van der Waals surface area contributed by atoms with Gasteiger partial charge in [0.15, 0.2) is 12.2 Å². The molecule has 0 saturated carbocycles. The van der Waals surface area contributed by atoms with Crippen LogP contribution in [-0.4, -0.2) is 28.9 Å². The van der Waals surface area contributed by atoms with Gasteiger partial charge in [-0.15, -0.1) is 0 Å². The topological polar surface area (TPSA) is 92.2 Å². The van der Waals surface area contributed by atoms with E-state index in [1.165, 1.54) is 0 Å². The van der Waals surface area contributed by atoms with Crippen LogP contribution in [0.4, 0.5) is 0 Å². The van der Waals surface area contributed by atoms with Gasteiger partial charge in [-0.05, 0) is 51.1 Å². The number of hydrogen-bond donors (Lipinski definition) is 1. The van der Waals surface area contributed by atoms with Gasteiger partial charge in [-0.2, -0.15) is 5.26 Å². The van der Waals surface area contributed by atoms with Gasteiger partial charge in [0.25, 0.3) is 0 Å². The van der Waals surface area contributed by atoms with E-state index in [9.17, 15) is 9.59 Å². The third-order valence-corrected chi connectivity index (χ3v) is 4.43. The van der Waals surface area contributed by atoms with Gasteiger partial charge in [0.1, 0.15) is 5.75 Å². The fourth-order valence-electron chi connectivity index (χ4n) is 2.98. The van der Waals surface area contributed by atoms with Gasteiger partial charge in [-0.25, -0.2) is 4.79 Å². The molecule has 2 unspecified atom stereocenters. The van der Waals surface area contributed by atoms with Crippen LogP contribution in [0.25, 0.3) is 10.9 Å². The summed E-state index contributed by atoms with van der Waals surface area (Å²) in [5, 5.41) is 9.62. The molecule has 0 aliphatic rings. The highest BCUT2D eigenvalue weighted by Crippen LogP contribution is 2.24. The van der Waals surface area contributed by atoms with Crippen molar-refractivity contribution in [1.82, 2.24) is 4.98 Å². The largest absolute Gasteiger partial charge is 0.479 e. The molecule has 0 fully saturated rings. The maximum Gasteiger partial charge on any atom is 0.347 e. The van der Waals surface area contributed by atoms with Crippen LogP contribution in [0, 0.1) is 18.3 Å². The number of nitrogens with zero attached hydrogens (tertiary/aromatic N) is 1. The van der Waals surface area contributed by atoms with E-state index >= 15 is 0 Å². The van der Waals surface area contributed by atoms with Crippen LogP contribution >= 0.6 is 0 Å². The average molecular weight is 376 g/mol. The van der Waals surface area contributed by atoms with E-state index in [4.69, 9.17) is 14.7 Å². The Hall–Kier alpha value is -3.59. The molecule has 0 amide bonds. The second kappa shape index (κ2) is 7.97. The van der Waals surface area contributed by atoms with E-state index in [0.29, 0.717) is 16.9 Å². The number of nitriles is 1. The van der Waals surface area contributed by atoms with E-state index in [1.807, 2.05) is 37.3 Å². The van der Waals surface area contributed by atoms with Gasteiger partial charge >= 0.3 is 5.97 Å². The van der Waals surface area contributed by atoms with E-state index in [-0.39, 0.29) is 5.78 Å². The lowest BCUT2D eigenvalue weighted by atomic mass is 10.0. The summed E-state index contributed by atoms with van der Waals surface area (Å²) in [6, 6.07) is 15.9. The van der Waals surface area contributed by atoms with E-state index in [0.717, 1.165) is 16.6 Å². The summed E-state index contributed by atoms with van der Waals surface area (Å²) < 4.78 is 10.9. The van der Waals surface area contributed by atoms with Gasteiger partial charge in [-0.1, -0.05) is 18.2 Å². The Morgan fingerprint density at radius 1 is 1.04 bits per heavy atom. The monoisotopic (exact) mass is 376 g/mol. The lowest BCUT2D eigenvalue weighted by Gasteiger charge is -2.17. The third-order valence-electron chi connectivity index (χ3n) is 4.43. The maximum atomic E-state index is 12.9. The van der Waals surface area contributed by atoms with E-state index < -0.39 is 18.2 Å². The zero-order chi connectivity index (χ0) is 20.3. The van der Waals surface area contributed by atoms with Gasteiger partial charge in [0, 0.05) is 22.2 Å². The summed E-state index contributed by atoms with van der Waals surface area (Å²) >= 11 is 0. The van der Waals surface area contributed by atoms with Crippen molar-refractivity contribution in [2.75, 3.05) is 0 Å². The summed E-state index contributed by atoms with van der Waals surface area (Å²) in [6.07, 6.45) is -1.84. The number of para-hydroxylation sites is 1. The molecule has 0 aliphatic heterocycles. The number of ether oxygens (including phenoxy) is 2. The van der Waals surface area contributed by atoms with Crippen molar-refractivity contribution >= 4 is 22.7 Å². The number of aromatic nitrogens is 1. The van der Waals surface area contributed by atoms with E-state index in [2.05, 4.69) is 4.98 Å². The summed E-state index contributed by atoms with van der Waals surface area (Å²) in [5.74, 6) is -0.466. The number of H-pyrrole nitrogens is 1. The zero-order valence-corrected chi connectivity index (χ0v) is 15.9. The van der Waals surface area contributed by atoms with Crippen molar-refractivity contribution in [3.05, 3.63) is 65.4 Å². The Bertz CT molecular complexity index is 1060. The van der Waals surface area contributed by atoms with Gasteiger partial charge in [0.2, 0.25) is 5.78 Å². The van der Waals surface area contributed by atoms with Crippen LogP contribution < -0.4 is 4.74 Å². The molecular formula is C22H20N2O4. The second-order valence-corrected chi connectivity index (χ2v) is 6.51. The van der Waals surface area contributed by atoms with Crippen LogP contribution in [0.3, 0.4) is 0 Å². The SMILES string of the molecule is Cc1[nH]c2ccccc2c1C(=O)C(C)OC(=O)C(C)Oc1ccc(C#N)cc1. The molecule has 1 heterocycles. The predicted octanol–water partition coefficient (Wildman–Crippen LogP) is 3.93. The first-order valence-electron chi connectivity index (χ1n) is 8.89. The van der Waals surface area contributed by atoms with Crippen molar-refractivity contribution in [2.45, 2.75) is 33.0 Å². The molecule has 0 bridgehead atoms. The molecule has 1 N–H and O–H groups in total. The summed E-state index contributed by atoms with van der Waals surface area (Å²) in [6.45, 7) is 4.92. The second-order valence-electron chi connectivity index (χ2n) is 6.51. The van der Waals surface area contributed by atoms with Crippen molar-refractivity contribution in [3.63, 3.8) is 0 Å². The zero-order valence-electron chi connectivity index (χ0n) is 15.9. The Morgan fingerprint density at radius 2 is 1.71 bits per heavy atom. The number of Topliss-reactive ketones (excluding diaryl/α,β-unsaturated/α-hetero) is 1. The molecule has 28 heavy (non-hydrogen) atoms. The summed E-state index contributed by atoms with van der Waals surface area (Å²) in [5.41, 5.74) is 2.61. The molecule has 0 aliphatic carbocycles. The number of esters is 1. The highest BCUT2D eigenvalue weighted by atomic mass is 16.6. The Labute approximate surface area is 162 Å². The number of carbonyl (C=O) groups excluding carboxylic acids is 2. The average Bonchev–Trinajstić information content (AvgIpc) is 3.03. The van der Waals surface area contributed by atoms with Gasteiger partial charge in [-0.3, -0.25) is 4.79 Å². The minimum atomic E-state index is -0.947. The van der Waals surface area contributed by atoms with Crippen LogP contribution in [0.5, 0.6) is 5.75 Å². The van der Waals surface area contributed by atoms with Crippen LogP contribution in [0.2, 0.25) is 0 Å². The lowest BCUT2D eigenvalue weighted by molar-refractivity contribution is -0.153. The molecule has 1 aromatic heterocycles. The minimum absolute atomic E-state index is 0.270. The minimum Gasteiger partial charge on any atom is -0.479 e. The Kier molecular flexibility index (Phi) is 5.46. The smallest absolute Gasteiger partial charge is 0.347 e. The number of aromatic amines is 1. The number of nitrogens with one attached hydrogen (secondary N) is 1. The van der Waals surface area contributed by atoms with E-state index in [1.54, 1.807) is 38.1 Å². The summed E-state index contributed by atoms with van der Waals surface area (Å²) in [4.78, 5) is 28.4. The molecule has 3 rings (SSSR count). The van der Waals surface area contributed by atoms with Crippen LogP contribution in [-0.2, 0) is 9.53 Å². The standard InChI is InChI=1S/C22H20N2O4/c1-13-20(18-6-4-5-7-19(18)24-13)21(25)14(2)28-22(26)15(3)27-17-10-8-16(12-23)9-11-17/h4-11,14-15,24H,1-3H3. The van der Waals surface area contributed by atoms with Gasteiger partial charge < -0.3 is 14.5 Å². The first-order chi connectivity index (χ1) is 13.4. The quantitative estimate of drug-likeness (QED) is 0.520. The number of carbonyl (C=O) groups is 2. The Morgan fingerprint density at radius 3 is 2.39 bits per heavy atom. The molecule has 6 nitrogen and oxygen atoms in total. The fraction of sp³-hybridized carbons (Fsp3) is 0.227. The molecule has 3 aromatic rings. The van der Waals surface area contributed by atoms with Gasteiger partial charge in [0.05, 0.1) is 11.6 Å². The number of hydrogen-bond acceptors (Lipinski definition) is 5. The van der Waals surface area contributed by atoms with Crippen molar-refractivity contribution in [1.29, 1.82) is 5.26 Å². The number of fused-ring (bicyclic) bond motifs is 1. The first kappa shape index (κ1) is 19.2. The molecule has 6 heteroatoms. The van der Waals surface area contributed by atoms with Crippen LogP contribution in [0.1, 0.15) is 35.5 Å². The van der Waals surface area contributed by atoms with Crippen molar-refractivity contribution in [3.8, 4) is 11.8 Å². The predicted molar refractivity (Wildman–Crippen MR) is 104 cm³/mol. The Balaban J connectivity index is 1.68. The lowest BCUT2D eigenvalue weighted by Crippen LogP contribution is -2.32. The molecule has 142 valence electrons. The molecule has 2 aromatic carbocycles. The van der Waals surface area contributed by atoms with Crippen molar-refractivity contribution < 1.29 is 19.1 Å². The molecule has 0 saturated heterocycles.